The molecule has 0 saturated carbocycles. The van der Waals surface area contributed by atoms with E-state index in [4.69, 9.17) is 0 Å². The molecule has 0 bridgehead atoms. The summed E-state index contributed by atoms with van der Waals surface area (Å²) in [6.45, 7) is 2.28. The lowest BCUT2D eigenvalue weighted by atomic mass is 10.1. The molecule has 0 unspecified atom stereocenters. The Labute approximate surface area is 117 Å². The first-order valence-corrected chi connectivity index (χ1v) is 8.75. The molecule has 0 aliphatic heterocycles. The van der Waals surface area contributed by atoms with E-state index in [1.54, 1.807) is 0 Å². The van der Waals surface area contributed by atoms with E-state index in [0.717, 1.165) is 5.33 Å². The van der Waals surface area contributed by atoms with Crippen LogP contribution in [0.4, 0.5) is 0 Å². The molecule has 102 valence electrons. The van der Waals surface area contributed by atoms with Crippen LogP contribution in [0, 0.1) is 0 Å². The van der Waals surface area contributed by atoms with E-state index in [0.29, 0.717) is 0 Å². The van der Waals surface area contributed by atoms with Crippen molar-refractivity contribution >= 4 is 15.9 Å². The third kappa shape index (κ3) is 16.2. The molecule has 0 aliphatic carbocycles. The van der Waals surface area contributed by atoms with Gasteiger partial charge in [-0.15, -0.1) is 0 Å². The summed E-state index contributed by atoms with van der Waals surface area (Å²) in [6.07, 6.45) is 21.4. The van der Waals surface area contributed by atoms with E-state index in [2.05, 4.69) is 35.0 Å². The van der Waals surface area contributed by atoms with Gasteiger partial charge in [0, 0.05) is 5.33 Å². The topological polar surface area (TPSA) is 0 Å². The van der Waals surface area contributed by atoms with E-state index in [9.17, 15) is 0 Å². The second-order valence-corrected chi connectivity index (χ2v) is 5.71. The number of rotatable bonds is 13. The summed E-state index contributed by atoms with van der Waals surface area (Å²) in [5, 5.41) is 1.10. The summed E-state index contributed by atoms with van der Waals surface area (Å²) >= 11 is 3.43. The molecule has 17 heavy (non-hydrogen) atoms. The standard InChI is InChI=1S/C16H31Br/c1-2-3-4-5-6-7-8-9-10-11-12-13-14-15-16-17/h13-14H,2-12,15-16H2,1H3. The average Bonchev–Trinajstić information content (AvgIpc) is 2.35. The molecule has 0 aromatic heterocycles. The summed E-state index contributed by atoms with van der Waals surface area (Å²) in [6, 6.07) is 0. The van der Waals surface area contributed by atoms with E-state index >= 15 is 0 Å². The Balaban J connectivity index is 2.94. The van der Waals surface area contributed by atoms with Crippen molar-refractivity contribution in [2.75, 3.05) is 5.33 Å². The van der Waals surface area contributed by atoms with Crippen LogP contribution >= 0.6 is 15.9 Å². The number of alkyl halides is 1. The lowest BCUT2D eigenvalue weighted by Gasteiger charge is -2.01. The molecule has 0 nitrogen and oxygen atoms in total. The van der Waals surface area contributed by atoms with Gasteiger partial charge in [-0.05, 0) is 19.3 Å². The van der Waals surface area contributed by atoms with Gasteiger partial charge in [-0.1, -0.05) is 92.8 Å². The fraction of sp³-hybridized carbons (Fsp3) is 0.875. The fourth-order valence-corrected chi connectivity index (χ4v) is 2.31. The summed E-state index contributed by atoms with van der Waals surface area (Å²) in [5.74, 6) is 0. The van der Waals surface area contributed by atoms with E-state index in [1.807, 2.05) is 0 Å². The molecule has 0 rings (SSSR count). The largest absolute Gasteiger partial charge is 0.0925 e. The first-order chi connectivity index (χ1) is 8.41. The van der Waals surface area contributed by atoms with Gasteiger partial charge >= 0.3 is 0 Å². The quantitative estimate of drug-likeness (QED) is 0.203. The van der Waals surface area contributed by atoms with Crippen LogP contribution in [0.3, 0.4) is 0 Å². The summed E-state index contributed by atoms with van der Waals surface area (Å²) < 4.78 is 0. The SMILES string of the molecule is CCCCCCCCCCCCC=CCCBr. The van der Waals surface area contributed by atoms with Gasteiger partial charge in [-0.3, -0.25) is 0 Å². The molecule has 0 heterocycles. The van der Waals surface area contributed by atoms with Crippen molar-refractivity contribution in [2.45, 2.75) is 84.0 Å². The van der Waals surface area contributed by atoms with Gasteiger partial charge in [-0.2, -0.15) is 0 Å². The van der Waals surface area contributed by atoms with Gasteiger partial charge < -0.3 is 0 Å². The maximum atomic E-state index is 3.43. The van der Waals surface area contributed by atoms with Crippen molar-refractivity contribution in [2.24, 2.45) is 0 Å². The Morgan fingerprint density at radius 3 is 1.65 bits per heavy atom. The highest BCUT2D eigenvalue weighted by Gasteiger charge is 1.91. The molecule has 0 aromatic carbocycles. The maximum Gasteiger partial charge on any atom is 0.00659 e. The van der Waals surface area contributed by atoms with Gasteiger partial charge in [0.1, 0.15) is 0 Å². The monoisotopic (exact) mass is 302 g/mol. The van der Waals surface area contributed by atoms with Crippen LogP contribution in [0.5, 0.6) is 0 Å². The molecule has 0 atom stereocenters. The van der Waals surface area contributed by atoms with Gasteiger partial charge in [0.15, 0.2) is 0 Å². The summed E-state index contributed by atoms with van der Waals surface area (Å²) in [5.41, 5.74) is 0. The van der Waals surface area contributed by atoms with Crippen molar-refractivity contribution in [3.8, 4) is 0 Å². The number of unbranched alkanes of at least 4 members (excludes halogenated alkanes) is 10. The van der Waals surface area contributed by atoms with Crippen LogP contribution in [-0.2, 0) is 0 Å². The third-order valence-corrected chi connectivity index (χ3v) is 3.62. The maximum absolute atomic E-state index is 3.43. The molecular weight excluding hydrogens is 272 g/mol. The van der Waals surface area contributed by atoms with Crippen LogP contribution in [0.25, 0.3) is 0 Å². The smallest absolute Gasteiger partial charge is 0.00659 e. The highest BCUT2D eigenvalue weighted by atomic mass is 79.9. The van der Waals surface area contributed by atoms with Gasteiger partial charge in [0.25, 0.3) is 0 Å². The highest BCUT2D eigenvalue weighted by molar-refractivity contribution is 9.09. The van der Waals surface area contributed by atoms with Crippen LogP contribution in [-0.4, -0.2) is 5.33 Å². The van der Waals surface area contributed by atoms with Crippen molar-refractivity contribution in [3.05, 3.63) is 12.2 Å². The van der Waals surface area contributed by atoms with Crippen molar-refractivity contribution in [1.82, 2.24) is 0 Å². The third-order valence-electron chi connectivity index (χ3n) is 3.17. The number of hydrogen-bond donors (Lipinski definition) is 0. The van der Waals surface area contributed by atoms with Crippen LogP contribution < -0.4 is 0 Å². The van der Waals surface area contributed by atoms with Gasteiger partial charge in [-0.25, -0.2) is 0 Å². The molecule has 0 N–H and O–H groups in total. The van der Waals surface area contributed by atoms with Gasteiger partial charge in [0.2, 0.25) is 0 Å². The van der Waals surface area contributed by atoms with Crippen LogP contribution in [0.1, 0.15) is 84.0 Å². The molecule has 0 aromatic rings. The molecule has 0 amide bonds. The minimum Gasteiger partial charge on any atom is -0.0925 e. The van der Waals surface area contributed by atoms with Crippen molar-refractivity contribution in [1.29, 1.82) is 0 Å². The normalized spacial score (nSPS) is 11.4. The molecular formula is C16H31Br. The molecule has 0 fully saturated rings. The van der Waals surface area contributed by atoms with E-state index < -0.39 is 0 Å². The zero-order valence-electron chi connectivity index (χ0n) is 11.7. The highest BCUT2D eigenvalue weighted by Crippen LogP contribution is 2.11. The Hall–Kier alpha value is 0.220. The van der Waals surface area contributed by atoms with Crippen molar-refractivity contribution < 1.29 is 0 Å². The Morgan fingerprint density at radius 2 is 1.12 bits per heavy atom. The lowest BCUT2D eigenvalue weighted by molar-refractivity contribution is 0.557. The number of halogens is 1. The summed E-state index contributed by atoms with van der Waals surface area (Å²) in [4.78, 5) is 0. The molecule has 0 radical (unpaired) electrons. The second kappa shape index (κ2) is 16.2. The summed E-state index contributed by atoms with van der Waals surface area (Å²) in [7, 11) is 0. The van der Waals surface area contributed by atoms with E-state index in [-0.39, 0.29) is 0 Å². The fourth-order valence-electron chi connectivity index (χ4n) is 2.05. The minimum atomic E-state index is 1.10. The zero-order valence-corrected chi connectivity index (χ0v) is 13.3. The Kier molecular flexibility index (Phi) is 16.4. The lowest BCUT2D eigenvalue weighted by Crippen LogP contribution is -1.81. The Bertz CT molecular complexity index is 152. The zero-order chi connectivity index (χ0) is 12.6. The molecule has 0 saturated heterocycles. The number of allylic oxidation sites excluding steroid dienone is 2. The first-order valence-electron chi connectivity index (χ1n) is 7.62. The first kappa shape index (κ1) is 17.2. The molecule has 0 spiro atoms. The van der Waals surface area contributed by atoms with Crippen LogP contribution in [0.2, 0.25) is 0 Å². The minimum absolute atomic E-state index is 1.10. The predicted octanol–water partition coefficient (Wildman–Crippen LogP) is 6.64. The second-order valence-electron chi connectivity index (χ2n) is 4.92. The molecule has 1 heteroatoms. The van der Waals surface area contributed by atoms with Crippen LogP contribution in [0.15, 0.2) is 12.2 Å². The molecule has 0 aliphatic rings. The van der Waals surface area contributed by atoms with Crippen molar-refractivity contribution in [3.63, 3.8) is 0 Å². The Morgan fingerprint density at radius 1 is 0.647 bits per heavy atom. The number of hydrogen-bond acceptors (Lipinski definition) is 0. The van der Waals surface area contributed by atoms with E-state index in [1.165, 1.54) is 77.0 Å². The predicted molar refractivity (Wildman–Crippen MR) is 84.0 cm³/mol. The average molecular weight is 303 g/mol. The van der Waals surface area contributed by atoms with Gasteiger partial charge in [0.05, 0.1) is 0 Å².